The molecule has 91 heavy (non-hydrogen) atoms. The summed E-state index contributed by atoms with van der Waals surface area (Å²) < 4.78 is 47.1. The molecule has 0 bridgehead atoms. The van der Waals surface area contributed by atoms with Crippen LogP contribution in [0.4, 0.5) is 0 Å². The van der Waals surface area contributed by atoms with Crippen LogP contribution in [-0.4, -0.2) is 268 Å². The van der Waals surface area contributed by atoms with Crippen LogP contribution in [0.25, 0.3) is 0 Å². The number of carbonyl (C=O) groups excluding carboxylic acids is 2. The predicted octanol–water partition coefficient (Wildman–Crippen LogP) is 0.209. The normalized spacial score (nSPS) is 33.5. The lowest BCUT2D eigenvalue weighted by atomic mass is 9.88. The highest BCUT2D eigenvalue weighted by molar-refractivity contribution is 5.77. The summed E-state index contributed by atoms with van der Waals surface area (Å²) in [5, 5.41) is 169. The first-order valence-corrected chi connectivity index (χ1v) is 33.6. The van der Waals surface area contributed by atoms with E-state index < -0.39 is 192 Å². The van der Waals surface area contributed by atoms with Crippen LogP contribution in [-0.2, 0) is 52.3 Å². The highest BCUT2D eigenvalue weighted by Crippen LogP contribution is 2.40. The molecule has 4 aliphatic rings. The van der Waals surface area contributed by atoms with Gasteiger partial charge in [-0.2, -0.15) is 0 Å². The van der Waals surface area contributed by atoms with Gasteiger partial charge < -0.3 is 125 Å². The van der Waals surface area contributed by atoms with Crippen LogP contribution in [0.5, 0.6) is 0 Å². The Morgan fingerprint density at radius 1 is 0.571 bits per heavy atom. The van der Waals surface area contributed by atoms with Crippen LogP contribution in [0, 0.1) is 0 Å². The van der Waals surface area contributed by atoms with Crippen molar-refractivity contribution in [2.24, 2.45) is 0 Å². The highest BCUT2D eigenvalue weighted by Gasteiger charge is 2.61. The number of aliphatic hydroxyl groups is 14. The Hall–Kier alpha value is -2.73. The summed E-state index contributed by atoms with van der Waals surface area (Å²) in [5.41, 5.74) is 0. The van der Waals surface area contributed by atoms with Crippen molar-refractivity contribution in [1.82, 2.24) is 10.6 Å². The Morgan fingerprint density at radius 2 is 1.04 bits per heavy atom. The van der Waals surface area contributed by atoms with Crippen molar-refractivity contribution in [3.05, 3.63) is 12.2 Å². The van der Waals surface area contributed by atoms with E-state index in [4.69, 9.17) is 37.9 Å². The molecule has 0 aliphatic carbocycles. The van der Waals surface area contributed by atoms with Gasteiger partial charge in [-0.3, -0.25) is 9.59 Å². The largest absolute Gasteiger partial charge is 0.477 e. The number of carbonyl (C=O) groups is 3. The summed E-state index contributed by atoms with van der Waals surface area (Å²) in [4.78, 5) is 39.2. The summed E-state index contributed by atoms with van der Waals surface area (Å²) in [7, 11) is 0. The van der Waals surface area contributed by atoms with Gasteiger partial charge >= 0.3 is 5.97 Å². The molecule has 28 nitrogen and oxygen atoms in total. The number of allylic oxidation sites excluding steroid dienone is 1. The molecule has 2 amide bonds. The summed E-state index contributed by atoms with van der Waals surface area (Å²) >= 11 is 0. The van der Waals surface area contributed by atoms with Gasteiger partial charge in [-0.05, 0) is 19.3 Å². The minimum atomic E-state index is -3.26. The average Bonchev–Trinajstić information content (AvgIpc) is 0.772. The fraction of sp³-hybridized carbons (Fsp3) is 0.921. The second kappa shape index (κ2) is 43.4. The number of carboxylic acids is 1. The second-order valence-corrected chi connectivity index (χ2v) is 25.0. The lowest BCUT2D eigenvalue weighted by molar-refractivity contribution is -0.404. The van der Waals surface area contributed by atoms with Crippen molar-refractivity contribution < 1.29 is 129 Å². The van der Waals surface area contributed by atoms with E-state index in [2.05, 4.69) is 24.5 Å². The standard InChI is InChI=1S/C63H114N2O26/c1-4-6-8-10-12-14-16-18-20-22-24-26-28-30-40(71)39(65-46(74)31-29-27-25-23-21-19-17-15-13-11-9-7-5-2)37-84-59-53(80)51(78)55(44(35-68)86-59)88-61-54(81)58(56(45(36-69)87-61)89-60-52(79)50(77)49(76)43(34-67)85-60)91-63(62(82)83)32-41(72)47(64-38(3)70)57(90-63)48(75)42(73)33-66/h28,30,39-45,47-61,66-69,71-73,75-81H,4-27,29,31-37H2,1-3H3,(H,64,70)(H,65,74)(H,82,83)/b30-28+/t39-,40+,41?,42+,43?,44?,45?,47+,48+,49-,50-,51+,52?,53?,54?,55+,56-,57?,58+,59+,60-,61-,63-/m0/s1. The molecule has 4 saturated heterocycles. The van der Waals surface area contributed by atoms with Crippen molar-refractivity contribution in [2.45, 2.75) is 335 Å². The molecule has 23 atom stereocenters. The zero-order valence-corrected chi connectivity index (χ0v) is 53.7. The maximum absolute atomic E-state index is 13.5. The Morgan fingerprint density at radius 3 is 1.56 bits per heavy atom. The fourth-order valence-electron chi connectivity index (χ4n) is 12.1. The summed E-state index contributed by atoms with van der Waals surface area (Å²) in [6.07, 6.45) is -9.57. The van der Waals surface area contributed by atoms with Crippen molar-refractivity contribution in [3.8, 4) is 0 Å². The third kappa shape index (κ3) is 25.7. The van der Waals surface area contributed by atoms with Gasteiger partial charge in [-0.1, -0.05) is 167 Å². The van der Waals surface area contributed by atoms with Gasteiger partial charge in [0.25, 0.3) is 5.79 Å². The number of nitrogens with one attached hydrogen (secondary N) is 2. The molecule has 0 aromatic rings. The number of ether oxygens (including phenoxy) is 8. The minimum Gasteiger partial charge on any atom is -0.477 e. The third-order valence-corrected chi connectivity index (χ3v) is 17.6. The Balaban J connectivity index is 1.53. The lowest BCUT2D eigenvalue weighted by Crippen LogP contribution is -2.71. The Bertz CT molecular complexity index is 2020. The number of hydrogen-bond donors (Lipinski definition) is 17. The highest BCUT2D eigenvalue weighted by atomic mass is 16.8. The van der Waals surface area contributed by atoms with Crippen molar-refractivity contribution in [1.29, 1.82) is 0 Å². The van der Waals surface area contributed by atoms with E-state index in [1.54, 1.807) is 6.08 Å². The zero-order chi connectivity index (χ0) is 67.0. The summed E-state index contributed by atoms with van der Waals surface area (Å²) in [5.74, 6) is -6.53. The first-order chi connectivity index (χ1) is 43.6. The summed E-state index contributed by atoms with van der Waals surface area (Å²) in [6, 6.07) is -2.78. The summed E-state index contributed by atoms with van der Waals surface area (Å²) in [6.45, 7) is 0.711. The molecular weight excluding hydrogens is 1200 g/mol. The van der Waals surface area contributed by atoms with E-state index in [0.29, 0.717) is 12.8 Å². The predicted molar refractivity (Wildman–Crippen MR) is 325 cm³/mol. The monoisotopic (exact) mass is 1310 g/mol. The van der Waals surface area contributed by atoms with Crippen LogP contribution in [0.3, 0.4) is 0 Å². The van der Waals surface area contributed by atoms with Gasteiger partial charge in [0.15, 0.2) is 18.9 Å². The van der Waals surface area contributed by atoms with Gasteiger partial charge in [0.2, 0.25) is 11.8 Å². The smallest absolute Gasteiger partial charge is 0.364 e. The molecule has 0 aromatic carbocycles. The number of rotatable bonds is 46. The molecule has 0 aromatic heterocycles. The van der Waals surface area contributed by atoms with E-state index in [0.717, 1.165) is 58.3 Å². The Labute approximate surface area is 535 Å². The Kier molecular flexibility index (Phi) is 38.5. The number of carboxylic acid groups (broad SMARTS) is 1. The molecule has 17 N–H and O–H groups in total. The first kappa shape index (κ1) is 80.7. The van der Waals surface area contributed by atoms with Gasteiger partial charge in [-0.25, -0.2) is 4.79 Å². The molecule has 4 fully saturated rings. The quantitative estimate of drug-likeness (QED) is 0.0286. The fourth-order valence-corrected chi connectivity index (χ4v) is 12.1. The first-order valence-electron chi connectivity index (χ1n) is 33.6. The van der Waals surface area contributed by atoms with E-state index >= 15 is 0 Å². The molecule has 0 saturated carbocycles. The number of aliphatic hydroxyl groups excluding tert-OH is 14. The topological polar surface area (TPSA) is 453 Å². The molecule has 0 spiro atoms. The van der Waals surface area contributed by atoms with Crippen LogP contribution in [0.1, 0.15) is 194 Å². The van der Waals surface area contributed by atoms with Gasteiger partial charge in [-0.15, -0.1) is 0 Å². The van der Waals surface area contributed by atoms with Gasteiger partial charge in [0.1, 0.15) is 91.6 Å². The molecule has 4 rings (SSSR count). The number of aliphatic carboxylic acids is 1. The average molecular weight is 1320 g/mol. The number of amides is 2. The van der Waals surface area contributed by atoms with Crippen molar-refractivity contribution >= 4 is 17.8 Å². The zero-order valence-electron chi connectivity index (χ0n) is 53.7. The van der Waals surface area contributed by atoms with E-state index in [9.17, 15) is 91.0 Å². The van der Waals surface area contributed by atoms with Crippen LogP contribution in [0.2, 0.25) is 0 Å². The molecule has 8 unspecified atom stereocenters. The molecule has 0 radical (unpaired) electrons. The molecule has 4 aliphatic heterocycles. The third-order valence-electron chi connectivity index (χ3n) is 17.6. The molecule has 532 valence electrons. The second-order valence-electron chi connectivity index (χ2n) is 25.0. The number of hydrogen-bond acceptors (Lipinski definition) is 25. The SMILES string of the molecule is CCCCCCCCCCCCC/C=C/[C@@H](O)[C@H](CO[C@@H]1OC(CO)[C@@H](O[C@@H]2OC(CO)[C@H](O[C@@H]3OC(CO)[C@H](O)[C@H](O)C3O)[C@H](O[C@]3(C(=O)O)CC(O)[C@@H](NC(C)=O)C([C@H](O)[C@H](O)CO)O3)C2O)[C@H](O)C1O)NC(=O)CCCCCCCCCCCCCCC. The van der Waals surface area contributed by atoms with Crippen LogP contribution < -0.4 is 10.6 Å². The molecule has 28 heteroatoms. The molecule has 4 heterocycles. The van der Waals surface area contributed by atoms with Gasteiger partial charge in [0.05, 0.1) is 57.3 Å². The number of unbranched alkanes of at least 4 members (excludes halogenated alkanes) is 23. The maximum Gasteiger partial charge on any atom is 0.364 e. The van der Waals surface area contributed by atoms with Crippen LogP contribution >= 0.6 is 0 Å². The van der Waals surface area contributed by atoms with Crippen molar-refractivity contribution in [2.75, 3.05) is 33.0 Å². The van der Waals surface area contributed by atoms with Crippen LogP contribution in [0.15, 0.2) is 12.2 Å². The minimum absolute atomic E-state index is 0.165. The van der Waals surface area contributed by atoms with E-state index in [1.165, 1.54) is 96.3 Å². The van der Waals surface area contributed by atoms with E-state index in [1.807, 2.05) is 6.08 Å². The van der Waals surface area contributed by atoms with Crippen molar-refractivity contribution in [3.63, 3.8) is 0 Å². The lowest BCUT2D eigenvalue weighted by Gasteiger charge is -2.52. The van der Waals surface area contributed by atoms with E-state index in [-0.39, 0.29) is 12.3 Å². The van der Waals surface area contributed by atoms with Gasteiger partial charge in [0, 0.05) is 19.8 Å². The maximum atomic E-state index is 13.5. The molecular formula is C63H114N2O26.